The summed E-state index contributed by atoms with van der Waals surface area (Å²) in [5.74, 6) is -0.194. The number of hydrogen-bond acceptors (Lipinski definition) is 2. The maximum atomic E-state index is 11.0. The molecule has 0 amide bonds. The zero-order valence-electron chi connectivity index (χ0n) is 8.13. The molecule has 1 rings (SSSR count). The first-order chi connectivity index (χ1) is 6.76. The normalized spacial score (nSPS) is 9.86. The monoisotopic (exact) mass is 256 g/mol. The van der Waals surface area contributed by atoms with Crippen LogP contribution >= 0.6 is 15.9 Å². The highest BCUT2D eigenvalue weighted by atomic mass is 79.9. The summed E-state index contributed by atoms with van der Waals surface area (Å²) in [4.78, 5) is 11.0. The minimum atomic E-state index is -0.194. The molecule has 3 heteroatoms. The number of aryl methyl sites for hydroxylation is 1. The van der Waals surface area contributed by atoms with Gasteiger partial charge in [-0.05, 0) is 17.5 Å². The summed E-state index contributed by atoms with van der Waals surface area (Å²) in [7, 11) is 1.41. The van der Waals surface area contributed by atoms with Gasteiger partial charge in [-0.3, -0.25) is 4.79 Å². The molecule has 0 aliphatic carbocycles. The van der Waals surface area contributed by atoms with Gasteiger partial charge < -0.3 is 4.74 Å². The highest BCUT2D eigenvalue weighted by Crippen LogP contribution is 2.08. The topological polar surface area (TPSA) is 26.3 Å². The molecule has 0 N–H and O–H groups in total. The fourth-order valence-electron chi connectivity index (χ4n) is 1.24. The Bertz CT molecular complexity index is 310. The molecule has 76 valence electrons. The molecule has 0 bridgehead atoms. The molecule has 0 spiro atoms. The summed E-state index contributed by atoms with van der Waals surface area (Å²) >= 11 is 3.38. The zero-order chi connectivity index (χ0) is 10.4. The Morgan fingerprint density at radius 1 is 1.43 bits per heavy atom. The van der Waals surface area contributed by atoms with E-state index in [0.29, 0.717) is 6.42 Å². The second-order valence-electron chi connectivity index (χ2n) is 3.01. The van der Waals surface area contributed by atoms with E-state index in [-0.39, 0.29) is 5.97 Å². The van der Waals surface area contributed by atoms with Crippen molar-refractivity contribution in [2.45, 2.75) is 12.8 Å². The van der Waals surface area contributed by atoms with Crippen LogP contribution in [0, 0.1) is 0 Å². The summed E-state index contributed by atoms with van der Waals surface area (Å²) in [6, 6.07) is 8.01. The molecule has 0 saturated heterocycles. The van der Waals surface area contributed by atoms with Crippen molar-refractivity contribution in [3.05, 3.63) is 35.4 Å². The number of benzene rings is 1. The van der Waals surface area contributed by atoms with Crippen LogP contribution in [-0.2, 0) is 22.4 Å². The van der Waals surface area contributed by atoms with E-state index in [1.165, 1.54) is 12.7 Å². The first-order valence-electron chi connectivity index (χ1n) is 4.47. The first kappa shape index (κ1) is 11.2. The maximum Gasteiger partial charge on any atom is 0.309 e. The molecule has 0 saturated carbocycles. The van der Waals surface area contributed by atoms with Crippen molar-refractivity contribution in [1.82, 2.24) is 0 Å². The first-order valence-corrected chi connectivity index (χ1v) is 5.59. The fraction of sp³-hybridized carbons (Fsp3) is 0.364. The summed E-state index contributed by atoms with van der Waals surface area (Å²) in [6.45, 7) is 0. The molecule has 14 heavy (non-hydrogen) atoms. The Hall–Kier alpha value is -0.830. The third-order valence-electron chi connectivity index (χ3n) is 1.95. The van der Waals surface area contributed by atoms with E-state index in [0.717, 1.165) is 17.3 Å². The van der Waals surface area contributed by atoms with Gasteiger partial charge in [0.05, 0.1) is 13.5 Å². The average molecular weight is 257 g/mol. The van der Waals surface area contributed by atoms with Gasteiger partial charge in [-0.1, -0.05) is 40.2 Å². The van der Waals surface area contributed by atoms with Crippen LogP contribution in [0.4, 0.5) is 0 Å². The van der Waals surface area contributed by atoms with E-state index in [2.05, 4.69) is 26.7 Å². The highest BCUT2D eigenvalue weighted by molar-refractivity contribution is 9.09. The van der Waals surface area contributed by atoms with Gasteiger partial charge in [-0.15, -0.1) is 0 Å². The lowest BCUT2D eigenvalue weighted by Gasteiger charge is -2.02. The van der Waals surface area contributed by atoms with Crippen LogP contribution < -0.4 is 0 Å². The van der Waals surface area contributed by atoms with Crippen molar-refractivity contribution in [3.8, 4) is 0 Å². The number of carbonyl (C=O) groups is 1. The van der Waals surface area contributed by atoms with Crippen molar-refractivity contribution in [3.63, 3.8) is 0 Å². The van der Waals surface area contributed by atoms with E-state index in [9.17, 15) is 4.79 Å². The Labute approximate surface area is 92.4 Å². The summed E-state index contributed by atoms with van der Waals surface area (Å²) in [5, 5.41) is 0.939. The van der Waals surface area contributed by atoms with Gasteiger partial charge in [0.15, 0.2) is 0 Å². The predicted octanol–water partition coefficient (Wildman–Crippen LogP) is 2.34. The summed E-state index contributed by atoms with van der Waals surface area (Å²) in [5.41, 5.74) is 2.25. The van der Waals surface area contributed by atoms with E-state index in [4.69, 9.17) is 0 Å². The lowest BCUT2D eigenvalue weighted by molar-refractivity contribution is -0.139. The van der Waals surface area contributed by atoms with E-state index in [1.54, 1.807) is 0 Å². The molecule has 0 aromatic heterocycles. The number of alkyl halides is 1. The van der Waals surface area contributed by atoms with Crippen LogP contribution in [0.25, 0.3) is 0 Å². The van der Waals surface area contributed by atoms with Crippen molar-refractivity contribution < 1.29 is 9.53 Å². The van der Waals surface area contributed by atoms with Crippen molar-refractivity contribution >= 4 is 21.9 Å². The Kier molecular flexibility index (Phi) is 4.66. The standard InChI is InChI=1S/C11H13BrO2/c1-14-11(13)8-10-4-2-3-9(7-10)5-6-12/h2-4,7H,5-6,8H2,1H3. The number of halogens is 1. The van der Waals surface area contributed by atoms with Crippen LogP contribution in [0.2, 0.25) is 0 Å². The second kappa shape index (κ2) is 5.81. The number of hydrogen-bond donors (Lipinski definition) is 0. The van der Waals surface area contributed by atoms with Crippen molar-refractivity contribution in [2.24, 2.45) is 0 Å². The summed E-state index contributed by atoms with van der Waals surface area (Å²) < 4.78 is 4.61. The molecule has 0 atom stereocenters. The van der Waals surface area contributed by atoms with Gasteiger partial charge in [0.25, 0.3) is 0 Å². The maximum absolute atomic E-state index is 11.0. The zero-order valence-corrected chi connectivity index (χ0v) is 9.71. The molecular formula is C11H13BrO2. The molecule has 0 radical (unpaired) electrons. The highest BCUT2D eigenvalue weighted by Gasteiger charge is 2.02. The number of esters is 1. The SMILES string of the molecule is COC(=O)Cc1cccc(CCBr)c1. The molecule has 1 aromatic carbocycles. The smallest absolute Gasteiger partial charge is 0.309 e. The van der Waals surface area contributed by atoms with Crippen LogP contribution in [0.1, 0.15) is 11.1 Å². The molecular weight excluding hydrogens is 244 g/mol. The number of ether oxygens (including phenoxy) is 1. The molecule has 0 aliphatic rings. The molecule has 1 aromatic rings. The Balaban J connectivity index is 2.68. The molecule has 0 heterocycles. The van der Waals surface area contributed by atoms with Crippen LogP contribution in [-0.4, -0.2) is 18.4 Å². The van der Waals surface area contributed by atoms with Gasteiger partial charge in [0.1, 0.15) is 0 Å². The van der Waals surface area contributed by atoms with Gasteiger partial charge in [0, 0.05) is 5.33 Å². The minimum Gasteiger partial charge on any atom is -0.469 e. The van der Waals surface area contributed by atoms with Crippen molar-refractivity contribution in [2.75, 3.05) is 12.4 Å². The quantitative estimate of drug-likeness (QED) is 0.611. The third kappa shape index (κ3) is 3.50. The molecule has 0 fully saturated rings. The molecule has 2 nitrogen and oxygen atoms in total. The fourth-order valence-corrected chi connectivity index (χ4v) is 1.70. The number of rotatable bonds is 4. The number of methoxy groups -OCH3 is 1. The second-order valence-corrected chi connectivity index (χ2v) is 3.80. The van der Waals surface area contributed by atoms with Gasteiger partial charge in [0.2, 0.25) is 0 Å². The van der Waals surface area contributed by atoms with Crippen LogP contribution in [0.3, 0.4) is 0 Å². The van der Waals surface area contributed by atoms with E-state index in [1.807, 2.05) is 18.2 Å². The lowest BCUT2D eigenvalue weighted by Crippen LogP contribution is -2.04. The molecule has 0 unspecified atom stereocenters. The van der Waals surface area contributed by atoms with Crippen molar-refractivity contribution in [1.29, 1.82) is 0 Å². The van der Waals surface area contributed by atoms with Gasteiger partial charge >= 0.3 is 5.97 Å². The summed E-state index contributed by atoms with van der Waals surface area (Å²) in [6.07, 6.45) is 1.33. The largest absolute Gasteiger partial charge is 0.469 e. The lowest BCUT2D eigenvalue weighted by atomic mass is 10.1. The average Bonchev–Trinajstić information content (AvgIpc) is 2.19. The predicted molar refractivity (Wildman–Crippen MR) is 59.7 cm³/mol. The van der Waals surface area contributed by atoms with E-state index >= 15 is 0 Å². The van der Waals surface area contributed by atoms with Gasteiger partial charge in [-0.25, -0.2) is 0 Å². The van der Waals surface area contributed by atoms with Gasteiger partial charge in [-0.2, -0.15) is 0 Å². The number of carbonyl (C=O) groups excluding carboxylic acids is 1. The third-order valence-corrected chi connectivity index (χ3v) is 2.35. The molecule has 0 aliphatic heterocycles. The van der Waals surface area contributed by atoms with Crippen LogP contribution in [0.5, 0.6) is 0 Å². The van der Waals surface area contributed by atoms with Crippen LogP contribution in [0.15, 0.2) is 24.3 Å². The minimum absolute atomic E-state index is 0.194. The Morgan fingerprint density at radius 3 is 2.79 bits per heavy atom. The Morgan fingerprint density at radius 2 is 2.14 bits per heavy atom. The van der Waals surface area contributed by atoms with E-state index < -0.39 is 0 Å².